The topological polar surface area (TPSA) is 89.8 Å². The molecule has 0 saturated heterocycles. The van der Waals surface area contributed by atoms with Gasteiger partial charge in [-0.1, -0.05) is 24.6 Å². The SMILES string of the molecule is CCCn1cc(CN=C(NC(=O)c2ccc(C)cc2)Nc2ccc(OC)c(OC)c2)c(C)n1. The van der Waals surface area contributed by atoms with Crippen LogP contribution in [0.25, 0.3) is 0 Å². The van der Waals surface area contributed by atoms with Gasteiger partial charge in [0.05, 0.1) is 26.5 Å². The van der Waals surface area contributed by atoms with E-state index in [1.165, 1.54) is 0 Å². The van der Waals surface area contributed by atoms with Crippen molar-refractivity contribution in [3.05, 3.63) is 71.0 Å². The van der Waals surface area contributed by atoms with E-state index in [-0.39, 0.29) is 5.91 Å². The fraction of sp³-hybridized carbons (Fsp3) is 0.320. The minimum Gasteiger partial charge on any atom is -0.493 e. The molecule has 0 saturated carbocycles. The highest BCUT2D eigenvalue weighted by atomic mass is 16.5. The van der Waals surface area contributed by atoms with Gasteiger partial charge in [0.25, 0.3) is 5.91 Å². The average Bonchev–Trinajstić information content (AvgIpc) is 3.16. The highest BCUT2D eigenvalue weighted by Gasteiger charge is 2.12. The first-order valence-corrected chi connectivity index (χ1v) is 10.9. The average molecular weight is 450 g/mol. The van der Waals surface area contributed by atoms with E-state index in [9.17, 15) is 4.79 Å². The highest BCUT2D eigenvalue weighted by molar-refractivity contribution is 6.10. The smallest absolute Gasteiger partial charge is 0.257 e. The predicted molar refractivity (Wildman–Crippen MR) is 130 cm³/mol. The molecule has 0 unspecified atom stereocenters. The third kappa shape index (κ3) is 6.35. The molecule has 1 heterocycles. The summed E-state index contributed by atoms with van der Waals surface area (Å²) in [7, 11) is 3.16. The van der Waals surface area contributed by atoms with Gasteiger partial charge >= 0.3 is 0 Å². The number of aromatic nitrogens is 2. The molecule has 0 radical (unpaired) electrons. The fourth-order valence-corrected chi connectivity index (χ4v) is 3.27. The highest BCUT2D eigenvalue weighted by Crippen LogP contribution is 2.29. The van der Waals surface area contributed by atoms with Crippen molar-refractivity contribution in [3.8, 4) is 11.5 Å². The number of amides is 1. The van der Waals surface area contributed by atoms with Gasteiger partial charge in [-0.05, 0) is 44.5 Å². The van der Waals surface area contributed by atoms with E-state index >= 15 is 0 Å². The number of aryl methyl sites for hydroxylation is 3. The van der Waals surface area contributed by atoms with Crippen LogP contribution in [0.5, 0.6) is 11.5 Å². The maximum absolute atomic E-state index is 12.9. The Morgan fingerprint density at radius 1 is 1.06 bits per heavy atom. The second kappa shape index (κ2) is 11.2. The second-order valence-electron chi connectivity index (χ2n) is 7.68. The molecule has 33 heavy (non-hydrogen) atoms. The van der Waals surface area contributed by atoms with Crippen LogP contribution < -0.4 is 20.1 Å². The largest absolute Gasteiger partial charge is 0.493 e. The monoisotopic (exact) mass is 449 g/mol. The van der Waals surface area contributed by atoms with E-state index in [1.807, 2.05) is 42.9 Å². The molecule has 1 aromatic heterocycles. The number of aliphatic imine (C=N–C) groups is 1. The van der Waals surface area contributed by atoms with E-state index in [0.717, 1.165) is 29.8 Å². The molecule has 0 fully saturated rings. The summed E-state index contributed by atoms with van der Waals surface area (Å²) in [6.45, 7) is 7.28. The number of nitrogens with one attached hydrogen (secondary N) is 2. The Hall–Kier alpha value is -3.81. The van der Waals surface area contributed by atoms with Crippen LogP contribution in [0, 0.1) is 13.8 Å². The van der Waals surface area contributed by atoms with Gasteiger partial charge in [-0.2, -0.15) is 5.10 Å². The summed E-state index contributed by atoms with van der Waals surface area (Å²) in [5.41, 5.74) is 4.26. The third-order valence-electron chi connectivity index (χ3n) is 5.10. The van der Waals surface area contributed by atoms with E-state index < -0.39 is 0 Å². The summed E-state index contributed by atoms with van der Waals surface area (Å²) < 4.78 is 12.6. The van der Waals surface area contributed by atoms with Crippen LogP contribution in [0.15, 0.2) is 53.7 Å². The normalized spacial score (nSPS) is 11.2. The zero-order valence-electron chi connectivity index (χ0n) is 19.8. The Kier molecular flexibility index (Phi) is 8.07. The quantitative estimate of drug-likeness (QED) is 0.395. The molecular formula is C25H31N5O3. The molecule has 8 nitrogen and oxygen atoms in total. The number of benzene rings is 2. The van der Waals surface area contributed by atoms with Crippen molar-refractivity contribution in [1.29, 1.82) is 0 Å². The van der Waals surface area contributed by atoms with Crippen LogP contribution >= 0.6 is 0 Å². The lowest BCUT2D eigenvalue weighted by molar-refractivity contribution is 0.0977. The molecule has 8 heteroatoms. The Bertz CT molecular complexity index is 1120. The molecule has 0 aliphatic rings. The Balaban J connectivity index is 1.86. The van der Waals surface area contributed by atoms with Crippen molar-refractivity contribution in [1.82, 2.24) is 15.1 Å². The van der Waals surface area contributed by atoms with Gasteiger partial charge in [-0.15, -0.1) is 0 Å². The van der Waals surface area contributed by atoms with E-state index in [1.54, 1.807) is 38.5 Å². The van der Waals surface area contributed by atoms with Crippen LogP contribution in [0.1, 0.15) is 40.5 Å². The van der Waals surface area contributed by atoms with Crippen molar-refractivity contribution in [2.24, 2.45) is 4.99 Å². The number of carbonyl (C=O) groups excluding carboxylic acids is 1. The lowest BCUT2D eigenvalue weighted by atomic mass is 10.1. The lowest BCUT2D eigenvalue weighted by Crippen LogP contribution is -2.36. The van der Waals surface area contributed by atoms with Gasteiger partial charge in [-0.25, -0.2) is 4.99 Å². The summed E-state index contributed by atoms with van der Waals surface area (Å²) >= 11 is 0. The summed E-state index contributed by atoms with van der Waals surface area (Å²) in [5, 5.41) is 10.6. The maximum atomic E-state index is 12.9. The molecule has 0 spiro atoms. The minimum absolute atomic E-state index is 0.250. The molecule has 0 bridgehead atoms. The van der Waals surface area contributed by atoms with Gasteiger partial charge in [0.1, 0.15) is 0 Å². The molecule has 3 aromatic rings. The molecule has 3 rings (SSSR count). The lowest BCUT2D eigenvalue weighted by Gasteiger charge is -2.14. The number of carbonyl (C=O) groups is 1. The van der Waals surface area contributed by atoms with E-state index in [0.29, 0.717) is 35.3 Å². The first kappa shape index (κ1) is 23.8. The summed E-state index contributed by atoms with van der Waals surface area (Å²) in [5.74, 6) is 1.27. The van der Waals surface area contributed by atoms with Crippen LogP contribution in [-0.4, -0.2) is 35.9 Å². The number of rotatable bonds is 8. The van der Waals surface area contributed by atoms with Gasteiger partial charge in [-0.3, -0.25) is 14.8 Å². The number of guanidine groups is 1. The maximum Gasteiger partial charge on any atom is 0.257 e. The third-order valence-corrected chi connectivity index (χ3v) is 5.10. The predicted octanol–water partition coefficient (Wildman–Crippen LogP) is 4.33. The van der Waals surface area contributed by atoms with Gasteiger partial charge in [0.2, 0.25) is 5.96 Å². The first-order chi connectivity index (χ1) is 15.9. The van der Waals surface area contributed by atoms with Crippen molar-refractivity contribution >= 4 is 17.6 Å². The van der Waals surface area contributed by atoms with Crippen LogP contribution in [0.3, 0.4) is 0 Å². The van der Waals surface area contributed by atoms with Crippen LogP contribution in [0.2, 0.25) is 0 Å². The standard InChI is InChI=1S/C25H31N5O3/c1-6-13-30-16-20(18(3)29-30)15-26-25(28-24(31)19-9-7-17(2)8-10-19)27-21-11-12-22(32-4)23(14-21)33-5/h7-12,14,16H,6,13,15H2,1-5H3,(H2,26,27,28,31). The number of ether oxygens (including phenoxy) is 2. The van der Waals surface area contributed by atoms with E-state index in [4.69, 9.17) is 9.47 Å². The van der Waals surface area contributed by atoms with Gasteiger partial charge < -0.3 is 14.8 Å². The van der Waals surface area contributed by atoms with Gasteiger partial charge in [0.15, 0.2) is 11.5 Å². The first-order valence-electron chi connectivity index (χ1n) is 10.9. The molecule has 1 amide bonds. The van der Waals surface area contributed by atoms with Crippen molar-refractivity contribution in [2.45, 2.75) is 40.3 Å². The number of hydrogen-bond acceptors (Lipinski definition) is 5. The zero-order chi connectivity index (χ0) is 23.8. The molecule has 0 aliphatic heterocycles. The zero-order valence-corrected chi connectivity index (χ0v) is 19.8. The Morgan fingerprint density at radius 2 is 1.79 bits per heavy atom. The van der Waals surface area contributed by atoms with Crippen LogP contribution in [0.4, 0.5) is 5.69 Å². The molecular weight excluding hydrogens is 418 g/mol. The fourth-order valence-electron chi connectivity index (χ4n) is 3.27. The Labute approximate surface area is 194 Å². The Morgan fingerprint density at radius 3 is 2.45 bits per heavy atom. The minimum atomic E-state index is -0.250. The van der Waals surface area contributed by atoms with Crippen LogP contribution in [-0.2, 0) is 13.1 Å². The molecule has 2 N–H and O–H groups in total. The number of hydrogen-bond donors (Lipinski definition) is 2. The molecule has 2 aromatic carbocycles. The van der Waals surface area contributed by atoms with Crippen molar-refractivity contribution in [3.63, 3.8) is 0 Å². The second-order valence-corrected chi connectivity index (χ2v) is 7.68. The van der Waals surface area contributed by atoms with Crippen molar-refractivity contribution in [2.75, 3.05) is 19.5 Å². The molecule has 174 valence electrons. The molecule has 0 aliphatic carbocycles. The van der Waals surface area contributed by atoms with E-state index in [2.05, 4.69) is 27.6 Å². The summed E-state index contributed by atoms with van der Waals surface area (Å²) in [4.78, 5) is 17.5. The number of anilines is 1. The summed E-state index contributed by atoms with van der Waals surface area (Å²) in [6.07, 6.45) is 3.00. The molecule has 0 atom stereocenters. The number of nitrogens with zero attached hydrogens (tertiary/aromatic N) is 3. The number of methoxy groups -OCH3 is 2. The van der Waals surface area contributed by atoms with Crippen molar-refractivity contribution < 1.29 is 14.3 Å². The summed E-state index contributed by atoms with van der Waals surface area (Å²) in [6, 6.07) is 12.8. The van der Waals surface area contributed by atoms with Gasteiger partial charge in [0, 0.05) is 35.6 Å².